The van der Waals surface area contributed by atoms with E-state index in [-0.39, 0.29) is 11.5 Å². The van der Waals surface area contributed by atoms with Gasteiger partial charge < -0.3 is 9.80 Å². The van der Waals surface area contributed by atoms with Crippen molar-refractivity contribution in [2.45, 2.75) is 6.92 Å². The summed E-state index contributed by atoms with van der Waals surface area (Å²) in [4.78, 5) is 33.1. The van der Waals surface area contributed by atoms with E-state index in [9.17, 15) is 9.59 Å². The zero-order valence-electron chi connectivity index (χ0n) is 14.5. The minimum atomic E-state index is -0.285. The number of amides is 1. The lowest BCUT2D eigenvalue weighted by molar-refractivity contribution is 0.0746. The number of aromatic nitrogens is 3. The van der Waals surface area contributed by atoms with Gasteiger partial charge in [-0.3, -0.25) is 9.59 Å². The molecule has 0 atom stereocenters. The normalized spacial score (nSPS) is 14.7. The standard InChI is InChI=1S/C19H19N5O2/c1-13-4-5-20-17(10-13)23-6-8-24(9-7-23)19(26)14-2-3-15-12-21-22-18(25)16(15)11-14/h2-5,10-12H,6-9H2,1H3,(H,22,25). The Bertz CT molecular complexity index is 1020. The van der Waals surface area contributed by atoms with E-state index < -0.39 is 0 Å². The first kappa shape index (κ1) is 16.3. The minimum Gasteiger partial charge on any atom is -0.353 e. The van der Waals surface area contributed by atoms with Gasteiger partial charge in [-0.25, -0.2) is 10.1 Å². The number of carbonyl (C=O) groups is 1. The highest BCUT2D eigenvalue weighted by Crippen LogP contribution is 2.17. The molecule has 132 valence electrons. The molecule has 7 heteroatoms. The number of fused-ring (bicyclic) bond motifs is 1. The zero-order chi connectivity index (χ0) is 18.1. The van der Waals surface area contributed by atoms with Gasteiger partial charge in [-0.05, 0) is 36.8 Å². The van der Waals surface area contributed by atoms with Crippen LogP contribution in [0.2, 0.25) is 0 Å². The Morgan fingerprint density at radius 3 is 2.69 bits per heavy atom. The number of anilines is 1. The van der Waals surface area contributed by atoms with Crippen LogP contribution >= 0.6 is 0 Å². The maximum absolute atomic E-state index is 12.8. The number of hydrogen-bond acceptors (Lipinski definition) is 5. The van der Waals surface area contributed by atoms with Crippen LogP contribution in [-0.2, 0) is 0 Å². The van der Waals surface area contributed by atoms with Gasteiger partial charge in [0.05, 0.1) is 11.6 Å². The van der Waals surface area contributed by atoms with Crippen molar-refractivity contribution in [1.82, 2.24) is 20.1 Å². The number of piperazine rings is 1. The maximum atomic E-state index is 12.8. The summed E-state index contributed by atoms with van der Waals surface area (Å²) in [5, 5.41) is 7.38. The Morgan fingerprint density at radius 2 is 1.92 bits per heavy atom. The van der Waals surface area contributed by atoms with E-state index in [2.05, 4.69) is 26.1 Å². The van der Waals surface area contributed by atoms with Gasteiger partial charge >= 0.3 is 0 Å². The molecule has 1 aromatic carbocycles. The molecular weight excluding hydrogens is 330 g/mol. The number of benzene rings is 1. The average Bonchev–Trinajstić information content (AvgIpc) is 2.68. The molecule has 1 N–H and O–H groups in total. The summed E-state index contributed by atoms with van der Waals surface area (Å²) in [6.07, 6.45) is 3.39. The number of H-pyrrole nitrogens is 1. The maximum Gasteiger partial charge on any atom is 0.272 e. The predicted octanol–water partition coefficient (Wildman–Crippen LogP) is 1.59. The molecule has 1 saturated heterocycles. The number of carbonyl (C=O) groups excluding carboxylic acids is 1. The SMILES string of the molecule is Cc1ccnc(N2CCN(C(=O)c3ccc4cn[nH]c(=O)c4c3)CC2)c1. The zero-order valence-corrected chi connectivity index (χ0v) is 14.5. The van der Waals surface area contributed by atoms with E-state index in [1.54, 1.807) is 24.4 Å². The van der Waals surface area contributed by atoms with Crippen molar-refractivity contribution in [2.24, 2.45) is 0 Å². The molecule has 1 amide bonds. The number of rotatable bonds is 2. The Hall–Kier alpha value is -3.22. The molecule has 1 fully saturated rings. The summed E-state index contributed by atoms with van der Waals surface area (Å²) in [6.45, 7) is 4.76. The van der Waals surface area contributed by atoms with Crippen molar-refractivity contribution in [3.05, 3.63) is 64.2 Å². The van der Waals surface area contributed by atoms with Crippen LogP contribution in [0.3, 0.4) is 0 Å². The molecule has 2 aromatic heterocycles. The fourth-order valence-corrected chi connectivity index (χ4v) is 3.23. The van der Waals surface area contributed by atoms with E-state index in [0.717, 1.165) is 24.3 Å². The number of nitrogens with one attached hydrogen (secondary N) is 1. The lowest BCUT2D eigenvalue weighted by Gasteiger charge is -2.35. The molecule has 1 aliphatic rings. The Kier molecular flexibility index (Phi) is 4.12. The number of aryl methyl sites for hydroxylation is 1. The van der Waals surface area contributed by atoms with E-state index in [1.807, 2.05) is 24.1 Å². The van der Waals surface area contributed by atoms with Crippen LogP contribution in [0.1, 0.15) is 15.9 Å². The van der Waals surface area contributed by atoms with Crippen LogP contribution in [0, 0.1) is 6.92 Å². The van der Waals surface area contributed by atoms with Crippen molar-refractivity contribution in [2.75, 3.05) is 31.1 Å². The van der Waals surface area contributed by atoms with Gasteiger partial charge in [0.1, 0.15) is 5.82 Å². The third-order valence-electron chi connectivity index (χ3n) is 4.71. The second-order valence-corrected chi connectivity index (χ2v) is 6.47. The lowest BCUT2D eigenvalue weighted by Crippen LogP contribution is -2.49. The van der Waals surface area contributed by atoms with Crippen LogP contribution in [0.25, 0.3) is 10.8 Å². The highest BCUT2D eigenvalue weighted by molar-refractivity contribution is 5.98. The Morgan fingerprint density at radius 1 is 1.12 bits per heavy atom. The molecule has 0 aliphatic carbocycles. The summed E-state index contributed by atoms with van der Waals surface area (Å²) in [7, 11) is 0. The second-order valence-electron chi connectivity index (χ2n) is 6.47. The van der Waals surface area contributed by atoms with Gasteiger partial charge in [-0.1, -0.05) is 6.07 Å². The van der Waals surface area contributed by atoms with Crippen LogP contribution in [0.15, 0.2) is 47.5 Å². The van der Waals surface area contributed by atoms with Crippen molar-refractivity contribution >= 4 is 22.5 Å². The smallest absolute Gasteiger partial charge is 0.272 e. The first-order chi connectivity index (χ1) is 12.6. The Labute approximate surface area is 150 Å². The van der Waals surface area contributed by atoms with Crippen LogP contribution in [0.4, 0.5) is 5.82 Å². The summed E-state index contributed by atoms with van der Waals surface area (Å²) in [5.74, 6) is 0.891. The molecule has 7 nitrogen and oxygen atoms in total. The van der Waals surface area contributed by atoms with Crippen molar-refractivity contribution < 1.29 is 4.79 Å². The topological polar surface area (TPSA) is 82.2 Å². The fourth-order valence-electron chi connectivity index (χ4n) is 3.23. The third kappa shape index (κ3) is 3.03. The first-order valence-electron chi connectivity index (χ1n) is 8.56. The molecule has 4 rings (SSSR count). The molecule has 0 spiro atoms. The third-order valence-corrected chi connectivity index (χ3v) is 4.71. The second kappa shape index (κ2) is 6.59. The van der Waals surface area contributed by atoms with Crippen molar-refractivity contribution in [3.63, 3.8) is 0 Å². The fraction of sp³-hybridized carbons (Fsp3) is 0.263. The number of hydrogen-bond donors (Lipinski definition) is 1. The monoisotopic (exact) mass is 349 g/mol. The van der Waals surface area contributed by atoms with Crippen molar-refractivity contribution in [3.8, 4) is 0 Å². The van der Waals surface area contributed by atoms with Gasteiger partial charge in [-0.15, -0.1) is 0 Å². The number of pyridine rings is 1. The molecule has 3 heterocycles. The predicted molar refractivity (Wildman–Crippen MR) is 99.5 cm³/mol. The Balaban J connectivity index is 1.50. The summed E-state index contributed by atoms with van der Waals surface area (Å²) >= 11 is 0. The van der Waals surface area contributed by atoms with Crippen LogP contribution in [0.5, 0.6) is 0 Å². The van der Waals surface area contributed by atoms with Gasteiger partial charge in [0.25, 0.3) is 11.5 Å². The average molecular weight is 349 g/mol. The molecule has 0 saturated carbocycles. The highest BCUT2D eigenvalue weighted by atomic mass is 16.2. The summed E-state index contributed by atoms with van der Waals surface area (Å²) in [5.41, 5.74) is 1.41. The number of aromatic amines is 1. The first-order valence-corrected chi connectivity index (χ1v) is 8.56. The van der Waals surface area contributed by atoms with E-state index in [1.165, 1.54) is 5.56 Å². The minimum absolute atomic E-state index is 0.0556. The molecule has 3 aromatic rings. The van der Waals surface area contributed by atoms with Crippen molar-refractivity contribution in [1.29, 1.82) is 0 Å². The van der Waals surface area contributed by atoms with Gasteiger partial charge in [0, 0.05) is 43.3 Å². The molecule has 0 bridgehead atoms. The number of nitrogens with zero attached hydrogens (tertiary/aromatic N) is 4. The summed E-state index contributed by atoms with van der Waals surface area (Å²) < 4.78 is 0. The van der Waals surface area contributed by atoms with Crippen LogP contribution in [-0.4, -0.2) is 52.2 Å². The molecular formula is C19H19N5O2. The molecule has 0 unspecified atom stereocenters. The lowest BCUT2D eigenvalue weighted by atomic mass is 10.1. The van der Waals surface area contributed by atoms with E-state index in [4.69, 9.17) is 0 Å². The van der Waals surface area contributed by atoms with E-state index >= 15 is 0 Å². The molecule has 0 radical (unpaired) electrons. The van der Waals surface area contributed by atoms with Gasteiger partial charge in [-0.2, -0.15) is 5.10 Å². The molecule has 26 heavy (non-hydrogen) atoms. The highest BCUT2D eigenvalue weighted by Gasteiger charge is 2.23. The van der Waals surface area contributed by atoms with E-state index in [0.29, 0.717) is 24.0 Å². The summed E-state index contributed by atoms with van der Waals surface area (Å²) in [6, 6.07) is 9.19. The largest absolute Gasteiger partial charge is 0.353 e. The van der Waals surface area contributed by atoms with Crippen LogP contribution < -0.4 is 10.5 Å². The van der Waals surface area contributed by atoms with Gasteiger partial charge in [0.2, 0.25) is 0 Å². The quantitative estimate of drug-likeness (QED) is 0.760. The van der Waals surface area contributed by atoms with Gasteiger partial charge in [0.15, 0.2) is 0 Å². The molecule has 1 aliphatic heterocycles.